The molecule has 2 heteroatoms. The van der Waals surface area contributed by atoms with E-state index in [0.29, 0.717) is 12.5 Å². The van der Waals surface area contributed by atoms with Crippen LogP contribution in [-0.4, -0.2) is 22.4 Å². The third-order valence-electron chi connectivity index (χ3n) is 6.47. The molecular weight excluding hydrogens is 236 g/mol. The van der Waals surface area contributed by atoms with E-state index >= 15 is 0 Å². The summed E-state index contributed by atoms with van der Waals surface area (Å²) in [6.45, 7) is 6.82. The highest BCUT2D eigenvalue weighted by molar-refractivity contribution is 5.13. The van der Waals surface area contributed by atoms with Crippen molar-refractivity contribution in [1.29, 1.82) is 0 Å². The van der Waals surface area contributed by atoms with Crippen LogP contribution in [0.2, 0.25) is 0 Å². The van der Waals surface area contributed by atoms with Crippen LogP contribution in [-0.2, 0) is 0 Å². The second-order valence-corrected chi connectivity index (χ2v) is 8.77. The summed E-state index contributed by atoms with van der Waals surface area (Å²) in [6.07, 6.45) is 8.12. The van der Waals surface area contributed by atoms with Crippen molar-refractivity contribution in [3.8, 4) is 0 Å². The average Bonchev–Trinajstić information content (AvgIpc) is 2.25. The lowest BCUT2D eigenvalue weighted by atomic mass is 9.40. The third kappa shape index (κ3) is 2.06. The van der Waals surface area contributed by atoms with E-state index in [1.807, 2.05) is 0 Å². The first-order valence-electron chi connectivity index (χ1n) is 8.13. The van der Waals surface area contributed by atoms with Gasteiger partial charge in [0.15, 0.2) is 0 Å². The minimum Gasteiger partial charge on any atom is -0.396 e. The van der Waals surface area contributed by atoms with Crippen LogP contribution in [0.4, 0.5) is 0 Å². The second kappa shape index (κ2) is 4.21. The molecule has 0 aliphatic heterocycles. The third-order valence-corrected chi connectivity index (χ3v) is 6.47. The summed E-state index contributed by atoms with van der Waals surface area (Å²) in [5.74, 6) is 2.05. The summed E-state index contributed by atoms with van der Waals surface area (Å²) in [4.78, 5) is 0. The largest absolute Gasteiger partial charge is 0.396 e. The molecule has 0 aromatic carbocycles. The molecule has 0 radical (unpaired) electrons. The zero-order valence-electron chi connectivity index (χ0n) is 12.8. The Kier molecular flexibility index (Phi) is 3.07. The van der Waals surface area contributed by atoms with Gasteiger partial charge in [0.05, 0.1) is 5.60 Å². The molecule has 0 saturated heterocycles. The minimum atomic E-state index is -0.556. The molecule has 4 rings (SSSR count). The first kappa shape index (κ1) is 13.9. The van der Waals surface area contributed by atoms with Gasteiger partial charge in [0.1, 0.15) is 0 Å². The standard InChI is InChI=1S/C17H30O2/c1-12(2)5-15(3,19)17-8-13-4-14(9-17)7-16(6-13,10-17)11-18/h12-14,18-19H,4-11H2,1-3H3. The predicted molar refractivity (Wildman–Crippen MR) is 76.7 cm³/mol. The van der Waals surface area contributed by atoms with E-state index < -0.39 is 5.60 Å². The van der Waals surface area contributed by atoms with Crippen molar-refractivity contribution >= 4 is 0 Å². The summed E-state index contributed by atoms with van der Waals surface area (Å²) < 4.78 is 0. The zero-order chi connectivity index (χ0) is 13.9. The van der Waals surface area contributed by atoms with E-state index in [2.05, 4.69) is 20.8 Å². The van der Waals surface area contributed by atoms with Gasteiger partial charge >= 0.3 is 0 Å². The van der Waals surface area contributed by atoms with Gasteiger partial charge in [0, 0.05) is 6.61 Å². The molecule has 4 bridgehead atoms. The molecule has 0 amide bonds. The Balaban J connectivity index is 1.92. The van der Waals surface area contributed by atoms with E-state index in [1.54, 1.807) is 0 Å². The van der Waals surface area contributed by atoms with E-state index in [4.69, 9.17) is 0 Å². The maximum Gasteiger partial charge on any atom is 0.0678 e. The van der Waals surface area contributed by atoms with Gasteiger partial charge in [0.25, 0.3) is 0 Å². The van der Waals surface area contributed by atoms with Crippen LogP contribution in [0.15, 0.2) is 0 Å². The van der Waals surface area contributed by atoms with E-state index in [-0.39, 0.29) is 10.8 Å². The van der Waals surface area contributed by atoms with Crippen LogP contribution in [0.5, 0.6) is 0 Å². The fourth-order valence-corrected chi connectivity index (χ4v) is 6.28. The highest BCUT2D eigenvalue weighted by Crippen LogP contribution is 2.68. The zero-order valence-corrected chi connectivity index (χ0v) is 12.8. The second-order valence-electron chi connectivity index (χ2n) is 8.77. The summed E-state index contributed by atoms with van der Waals surface area (Å²) in [6, 6.07) is 0. The van der Waals surface area contributed by atoms with Crippen molar-refractivity contribution in [2.24, 2.45) is 28.6 Å². The van der Waals surface area contributed by atoms with Gasteiger partial charge in [-0.3, -0.25) is 0 Å². The quantitative estimate of drug-likeness (QED) is 0.819. The molecule has 0 heterocycles. The van der Waals surface area contributed by atoms with E-state index in [1.165, 1.54) is 32.1 Å². The van der Waals surface area contributed by atoms with E-state index in [9.17, 15) is 10.2 Å². The first-order valence-corrected chi connectivity index (χ1v) is 8.13. The number of hydrogen-bond acceptors (Lipinski definition) is 2. The molecule has 4 fully saturated rings. The summed E-state index contributed by atoms with van der Waals surface area (Å²) in [7, 11) is 0. The maximum atomic E-state index is 11.2. The molecule has 4 saturated carbocycles. The van der Waals surface area contributed by atoms with Gasteiger partial charge in [-0.25, -0.2) is 0 Å². The highest BCUT2D eigenvalue weighted by Gasteiger charge is 2.62. The van der Waals surface area contributed by atoms with Crippen molar-refractivity contribution in [2.75, 3.05) is 6.61 Å². The van der Waals surface area contributed by atoms with Gasteiger partial charge in [0.2, 0.25) is 0 Å². The predicted octanol–water partition coefficient (Wildman–Crippen LogP) is 3.36. The van der Waals surface area contributed by atoms with Gasteiger partial charge in [-0.2, -0.15) is 0 Å². The Hall–Kier alpha value is -0.0800. The van der Waals surface area contributed by atoms with Crippen molar-refractivity contribution in [1.82, 2.24) is 0 Å². The number of rotatable bonds is 4. The lowest BCUT2D eigenvalue weighted by Gasteiger charge is -2.65. The molecule has 2 nitrogen and oxygen atoms in total. The molecule has 4 aliphatic rings. The highest BCUT2D eigenvalue weighted by atomic mass is 16.3. The molecule has 110 valence electrons. The Labute approximate surface area is 117 Å². The smallest absolute Gasteiger partial charge is 0.0678 e. The summed E-state index contributed by atoms with van der Waals surface area (Å²) >= 11 is 0. The molecule has 0 spiro atoms. The van der Waals surface area contributed by atoms with Crippen molar-refractivity contribution in [3.63, 3.8) is 0 Å². The molecule has 0 aromatic heterocycles. The Morgan fingerprint density at radius 3 is 2.21 bits per heavy atom. The molecule has 4 aliphatic carbocycles. The lowest BCUT2D eigenvalue weighted by Crippen LogP contribution is -2.61. The number of aliphatic hydroxyl groups excluding tert-OH is 1. The lowest BCUT2D eigenvalue weighted by molar-refractivity contribution is -0.211. The van der Waals surface area contributed by atoms with Crippen LogP contribution in [0.25, 0.3) is 0 Å². The van der Waals surface area contributed by atoms with Crippen LogP contribution in [0, 0.1) is 28.6 Å². The van der Waals surface area contributed by atoms with Crippen LogP contribution in [0.3, 0.4) is 0 Å². The molecule has 0 aromatic rings. The average molecular weight is 266 g/mol. The Morgan fingerprint density at radius 2 is 1.74 bits per heavy atom. The van der Waals surface area contributed by atoms with E-state index in [0.717, 1.165) is 24.7 Å². The molecule has 19 heavy (non-hydrogen) atoms. The summed E-state index contributed by atoms with van der Waals surface area (Å²) in [5.41, 5.74) is -0.325. The minimum absolute atomic E-state index is 0.0874. The first-order chi connectivity index (χ1) is 8.80. The van der Waals surface area contributed by atoms with Crippen molar-refractivity contribution < 1.29 is 10.2 Å². The fourth-order valence-electron chi connectivity index (χ4n) is 6.28. The fraction of sp³-hybridized carbons (Fsp3) is 1.00. The Bertz CT molecular complexity index is 344. The van der Waals surface area contributed by atoms with Gasteiger partial charge in [-0.15, -0.1) is 0 Å². The summed E-state index contributed by atoms with van der Waals surface area (Å²) in [5, 5.41) is 21.1. The number of aliphatic hydroxyl groups is 2. The van der Waals surface area contributed by atoms with Crippen molar-refractivity contribution in [3.05, 3.63) is 0 Å². The topological polar surface area (TPSA) is 40.5 Å². The molecule has 2 N–H and O–H groups in total. The van der Waals surface area contributed by atoms with Crippen molar-refractivity contribution in [2.45, 2.75) is 71.3 Å². The van der Waals surface area contributed by atoms with Gasteiger partial charge in [-0.05, 0) is 80.5 Å². The SMILES string of the molecule is CC(C)CC(C)(O)C12CC3CC(CC(CO)(C3)C1)C2. The molecular formula is C17H30O2. The molecule has 3 unspecified atom stereocenters. The van der Waals surface area contributed by atoms with Crippen LogP contribution < -0.4 is 0 Å². The van der Waals surface area contributed by atoms with Crippen LogP contribution >= 0.6 is 0 Å². The maximum absolute atomic E-state index is 11.2. The van der Waals surface area contributed by atoms with Crippen LogP contribution in [0.1, 0.15) is 65.7 Å². The number of hydrogen-bond donors (Lipinski definition) is 2. The van der Waals surface area contributed by atoms with Gasteiger partial charge in [-0.1, -0.05) is 13.8 Å². The Morgan fingerprint density at radius 1 is 1.16 bits per heavy atom. The van der Waals surface area contributed by atoms with Gasteiger partial charge < -0.3 is 10.2 Å². The monoisotopic (exact) mass is 266 g/mol. The normalized spacial score (nSPS) is 47.7. The molecule has 3 atom stereocenters.